The highest BCUT2D eigenvalue weighted by Gasteiger charge is 2.20. The smallest absolute Gasteiger partial charge is 0.123 e. The summed E-state index contributed by atoms with van der Waals surface area (Å²) in [6.45, 7) is 0. The van der Waals surface area contributed by atoms with Gasteiger partial charge in [0.1, 0.15) is 5.82 Å². The average Bonchev–Trinajstić information content (AvgIpc) is 2.67. The van der Waals surface area contributed by atoms with Crippen molar-refractivity contribution in [1.29, 1.82) is 0 Å². The average molecular weight is 217 g/mol. The lowest BCUT2D eigenvalue weighted by Crippen LogP contribution is -2.12. The second kappa shape index (κ2) is 3.33. The van der Waals surface area contributed by atoms with Crippen LogP contribution in [-0.4, -0.2) is 10.7 Å². The van der Waals surface area contributed by atoms with Crippen LogP contribution in [0.2, 0.25) is 0 Å². The van der Waals surface area contributed by atoms with Gasteiger partial charge in [-0.1, -0.05) is 0 Å². The standard InChI is InChI=1S/C12H12FN3/c13-7-4-5-10-9(6-7)8-2-1-3-11(16-14)12(8)15-10/h4-6,15H,1-3,14H2/b16-11+. The van der Waals surface area contributed by atoms with Crippen LogP contribution < -0.4 is 5.84 Å². The number of fused-ring (bicyclic) bond motifs is 3. The minimum atomic E-state index is -0.203. The van der Waals surface area contributed by atoms with E-state index in [1.54, 1.807) is 12.1 Å². The molecule has 0 spiro atoms. The number of nitrogens with one attached hydrogen (secondary N) is 1. The Kier molecular flexibility index (Phi) is 1.96. The fourth-order valence-electron chi connectivity index (χ4n) is 2.41. The van der Waals surface area contributed by atoms with E-state index in [0.29, 0.717) is 0 Å². The first kappa shape index (κ1) is 9.39. The fraction of sp³-hybridized carbons (Fsp3) is 0.250. The van der Waals surface area contributed by atoms with Gasteiger partial charge in [-0.2, -0.15) is 5.10 Å². The number of benzene rings is 1. The van der Waals surface area contributed by atoms with Crippen LogP contribution in [0.3, 0.4) is 0 Å². The summed E-state index contributed by atoms with van der Waals surface area (Å²) in [5, 5.41) is 4.75. The maximum Gasteiger partial charge on any atom is 0.123 e. The van der Waals surface area contributed by atoms with Crippen molar-refractivity contribution in [3.8, 4) is 0 Å². The van der Waals surface area contributed by atoms with Crippen molar-refractivity contribution in [3.63, 3.8) is 0 Å². The Labute approximate surface area is 92.1 Å². The molecular weight excluding hydrogens is 205 g/mol. The third kappa shape index (κ3) is 1.23. The van der Waals surface area contributed by atoms with Crippen molar-refractivity contribution < 1.29 is 4.39 Å². The van der Waals surface area contributed by atoms with Crippen LogP contribution in [0, 0.1) is 5.82 Å². The number of hydrogen-bond acceptors (Lipinski definition) is 2. The SMILES string of the molecule is N/N=C1\CCCc2c1[nH]c1ccc(F)cc21. The molecule has 0 saturated carbocycles. The summed E-state index contributed by atoms with van der Waals surface area (Å²) in [6, 6.07) is 4.80. The second-order valence-electron chi connectivity index (χ2n) is 4.10. The molecule has 0 radical (unpaired) electrons. The van der Waals surface area contributed by atoms with Crippen molar-refractivity contribution in [2.24, 2.45) is 10.9 Å². The first-order valence-electron chi connectivity index (χ1n) is 5.37. The molecule has 3 rings (SSSR count). The maximum absolute atomic E-state index is 13.2. The highest BCUT2D eigenvalue weighted by atomic mass is 19.1. The topological polar surface area (TPSA) is 54.2 Å². The molecule has 0 amide bonds. The van der Waals surface area contributed by atoms with Gasteiger partial charge in [0, 0.05) is 10.9 Å². The number of nitrogens with zero attached hydrogens (tertiary/aromatic N) is 1. The number of hydrazone groups is 1. The maximum atomic E-state index is 13.2. The molecule has 3 N–H and O–H groups in total. The van der Waals surface area contributed by atoms with Gasteiger partial charge >= 0.3 is 0 Å². The van der Waals surface area contributed by atoms with Gasteiger partial charge in [-0.3, -0.25) is 0 Å². The van der Waals surface area contributed by atoms with Gasteiger partial charge in [-0.15, -0.1) is 0 Å². The predicted molar refractivity (Wildman–Crippen MR) is 61.9 cm³/mol. The van der Waals surface area contributed by atoms with Gasteiger partial charge in [0.2, 0.25) is 0 Å². The van der Waals surface area contributed by atoms with Crippen LogP contribution in [0.1, 0.15) is 24.1 Å². The van der Waals surface area contributed by atoms with Crippen molar-refractivity contribution >= 4 is 16.6 Å². The normalized spacial score (nSPS) is 17.9. The van der Waals surface area contributed by atoms with Crippen LogP contribution in [0.25, 0.3) is 10.9 Å². The van der Waals surface area contributed by atoms with Gasteiger partial charge in [0.05, 0.1) is 11.4 Å². The van der Waals surface area contributed by atoms with E-state index in [1.165, 1.54) is 6.07 Å². The zero-order valence-electron chi connectivity index (χ0n) is 8.76. The van der Waals surface area contributed by atoms with E-state index in [1.807, 2.05) is 0 Å². The summed E-state index contributed by atoms with van der Waals surface area (Å²) >= 11 is 0. The van der Waals surface area contributed by atoms with Crippen LogP contribution in [0.5, 0.6) is 0 Å². The van der Waals surface area contributed by atoms with Crippen molar-refractivity contribution in [2.45, 2.75) is 19.3 Å². The molecule has 1 aliphatic carbocycles. The third-order valence-electron chi connectivity index (χ3n) is 3.15. The molecule has 1 aliphatic rings. The van der Waals surface area contributed by atoms with E-state index in [2.05, 4.69) is 10.1 Å². The number of aromatic nitrogens is 1. The first-order valence-corrected chi connectivity index (χ1v) is 5.37. The van der Waals surface area contributed by atoms with Crippen LogP contribution in [-0.2, 0) is 6.42 Å². The number of aromatic amines is 1. The lowest BCUT2D eigenvalue weighted by Gasteiger charge is -2.12. The summed E-state index contributed by atoms with van der Waals surface area (Å²) in [5.74, 6) is 5.16. The molecule has 4 heteroatoms. The van der Waals surface area contributed by atoms with Crippen molar-refractivity contribution in [3.05, 3.63) is 35.3 Å². The highest BCUT2D eigenvalue weighted by Crippen LogP contribution is 2.29. The van der Waals surface area contributed by atoms with Crippen molar-refractivity contribution in [2.75, 3.05) is 0 Å². The van der Waals surface area contributed by atoms with E-state index in [4.69, 9.17) is 5.84 Å². The Balaban J connectivity index is 2.33. The van der Waals surface area contributed by atoms with E-state index >= 15 is 0 Å². The van der Waals surface area contributed by atoms with Gasteiger partial charge in [0.15, 0.2) is 0 Å². The van der Waals surface area contributed by atoms with E-state index < -0.39 is 0 Å². The minimum Gasteiger partial charge on any atom is -0.353 e. The molecule has 0 aliphatic heterocycles. The Morgan fingerprint density at radius 2 is 2.19 bits per heavy atom. The number of H-pyrrole nitrogens is 1. The predicted octanol–water partition coefficient (Wildman–Crippen LogP) is 2.31. The largest absolute Gasteiger partial charge is 0.353 e. The quantitative estimate of drug-likeness (QED) is 0.516. The Morgan fingerprint density at radius 1 is 1.31 bits per heavy atom. The zero-order valence-corrected chi connectivity index (χ0v) is 8.76. The summed E-state index contributed by atoms with van der Waals surface area (Å²) in [5.41, 5.74) is 3.96. The lowest BCUT2D eigenvalue weighted by atomic mass is 9.94. The molecule has 1 heterocycles. The number of hydrogen-bond donors (Lipinski definition) is 2. The van der Waals surface area contributed by atoms with Crippen LogP contribution >= 0.6 is 0 Å². The van der Waals surface area contributed by atoms with Gasteiger partial charge in [0.25, 0.3) is 0 Å². The van der Waals surface area contributed by atoms with Gasteiger partial charge in [-0.05, 0) is 43.0 Å². The molecule has 2 aromatic rings. The van der Waals surface area contributed by atoms with Crippen LogP contribution in [0.4, 0.5) is 4.39 Å². The Hall–Kier alpha value is -1.84. The Bertz CT molecular complexity index is 583. The van der Waals surface area contributed by atoms with E-state index in [9.17, 15) is 4.39 Å². The van der Waals surface area contributed by atoms with E-state index in [-0.39, 0.29) is 5.82 Å². The summed E-state index contributed by atoms with van der Waals surface area (Å²) in [6.07, 6.45) is 2.86. The first-order chi connectivity index (χ1) is 7.79. The van der Waals surface area contributed by atoms with Crippen molar-refractivity contribution in [1.82, 2.24) is 4.98 Å². The fourth-order valence-corrected chi connectivity index (χ4v) is 2.41. The molecule has 0 atom stereocenters. The number of aryl methyl sites for hydroxylation is 1. The highest BCUT2D eigenvalue weighted by molar-refractivity contribution is 6.06. The Morgan fingerprint density at radius 3 is 3.00 bits per heavy atom. The molecule has 82 valence electrons. The minimum absolute atomic E-state index is 0.203. The molecule has 0 bridgehead atoms. The molecule has 0 unspecified atom stereocenters. The summed E-state index contributed by atoms with van der Waals surface area (Å²) in [7, 11) is 0. The van der Waals surface area contributed by atoms with Gasteiger partial charge < -0.3 is 10.8 Å². The molecule has 16 heavy (non-hydrogen) atoms. The number of nitrogens with two attached hydrogens (primary N) is 1. The monoisotopic (exact) mass is 217 g/mol. The van der Waals surface area contributed by atoms with E-state index in [0.717, 1.165) is 47.1 Å². The number of rotatable bonds is 0. The molecule has 0 saturated heterocycles. The second-order valence-corrected chi connectivity index (χ2v) is 4.10. The third-order valence-corrected chi connectivity index (χ3v) is 3.15. The molecule has 0 fully saturated rings. The lowest BCUT2D eigenvalue weighted by molar-refractivity contribution is 0.629. The molecule has 1 aromatic carbocycles. The zero-order chi connectivity index (χ0) is 11.1. The molecule has 1 aromatic heterocycles. The summed E-state index contributed by atoms with van der Waals surface area (Å²) in [4.78, 5) is 3.27. The van der Waals surface area contributed by atoms with Crippen LogP contribution in [0.15, 0.2) is 23.3 Å². The molecule has 3 nitrogen and oxygen atoms in total. The number of halogens is 1. The molecular formula is C12H12FN3. The summed E-state index contributed by atoms with van der Waals surface area (Å²) < 4.78 is 13.2. The van der Waals surface area contributed by atoms with Gasteiger partial charge in [-0.25, -0.2) is 4.39 Å².